The molecule has 0 saturated heterocycles. The normalized spacial score (nSPS) is 13.0. The summed E-state index contributed by atoms with van der Waals surface area (Å²) in [6.45, 7) is 6.06. The van der Waals surface area contributed by atoms with Crippen molar-refractivity contribution < 1.29 is 19.1 Å². The third-order valence-electron chi connectivity index (χ3n) is 4.39. The van der Waals surface area contributed by atoms with E-state index in [1.807, 2.05) is 43.3 Å². The van der Waals surface area contributed by atoms with Gasteiger partial charge in [-0.15, -0.1) is 0 Å². The van der Waals surface area contributed by atoms with Gasteiger partial charge in [0.25, 0.3) is 0 Å². The maximum absolute atomic E-state index is 12.6. The summed E-state index contributed by atoms with van der Waals surface area (Å²) in [5.41, 5.74) is 2.02. The van der Waals surface area contributed by atoms with E-state index < -0.39 is 5.60 Å². The van der Waals surface area contributed by atoms with Crippen molar-refractivity contribution in [3.63, 3.8) is 0 Å². The van der Waals surface area contributed by atoms with E-state index in [2.05, 4.69) is 0 Å². The van der Waals surface area contributed by atoms with Crippen molar-refractivity contribution in [1.82, 2.24) is 0 Å². The molecule has 2 aromatic rings. The van der Waals surface area contributed by atoms with Gasteiger partial charge in [0.05, 0.1) is 12.8 Å². The van der Waals surface area contributed by atoms with Gasteiger partial charge in [0, 0.05) is 27.2 Å². The first-order chi connectivity index (χ1) is 14.6. The van der Waals surface area contributed by atoms with Crippen molar-refractivity contribution in [2.24, 2.45) is 0 Å². The molecule has 6 nitrogen and oxygen atoms in total. The molecule has 0 aromatic heterocycles. The molecule has 3 rings (SSSR count). The van der Waals surface area contributed by atoms with E-state index in [0.29, 0.717) is 23.0 Å². The number of rotatable bonds is 5. The monoisotopic (exact) mass is 482 g/mol. The van der Waals surface area contributed by atoms with Crippen LogP contribution in [-0.2, 0) is 20.7 Å². The summed E-state index contributed by atoms with van der Waals surface area (Å²) in [6.07, 6.45) is 0.312. The number of fused-ring (bicyclic) bond motifs is 1. The van der Waals surface area contributed by atoms with Gasteiger partial charge >= 0.3 is 12.1 Å². The summed E-state index contributed by atoms with van der Waals surface area (Å²) in [5, 5.41) is 1.02. The van der Waals surface area contributed by atoms with Crippen LogP contribution >= 0.6 is 35.1 Å². The summed E-state index contributed by atoms with van der Waals surface area (Å²) in [4.78, 5) is 27.0. The van der Waals surface area contributed by atoms with Gasteiger partial charge in [-0.1, -0.05) is 23.2 Å². The Kier molecular flexibility index (Phi) is 7.29. The van der Waals surface area contributed by atoms with E-state index in [9.17, 15) is 9.59 Å². The lowest BCUT2D eigenvalue weighted by Gasteiger charge is -2.26. The van der Waals surface area contributed by atoms with Gasteiger partial charge in [-0.25, -0.2) is 4.79 Å². The van der Waals surface area contributed by atoms with E-state index in [0.717, 1.165) is 21.8 Å². The summed E-state index contributed by atoms with van der Waals surface area (Å²) < 4.78 is 12.2. The number of carbonyl (C=O) groups is 2. The maximum Gasteiger partial charge on any atom is 0.414 e. The number of amides is 1. The van der Waals surface area contributed by atoms with Crippen LogP contribution in [0.2, 0.25) is 10.0 Å². The zero-order chi connectivity index (χ0) is 22.8. The Hall–Kier alpha value is -2.09. The Balaban J connectivity index is 1.90. The molecule has 9 heteroatoms. The Morgan fingerprint density at radius 2 is 1.81 bits per heavy atom. The number of anilines is 2. The molecule has 0 radical (unpaired) electrons. The smallest absolute Gasteiger partial charge is 0.414 e. The molecule has 1 aliphatic heterocycles. The van der Waals surface area contributed by atoms with Gasteiger partial charge in [0.15, 0.2) is 0 Å². The number of ether oxygens (including phenoxy) is 2. The van der Waals surface area contributed by atoms with Crippen LogP contribution in [0.5, 0.6) is 0 Å². The first kappa shape index (κ1) is 23.6. The van der Waals surface area contributed by atoms with Gasteiger partial charge < -0.3 is 13.8 Å². The van der Waals surface area contributed by atoms with Crippen LogP contribution in [0.15, 0.2) is 41.3 Å². The molecule has 2 aromatic carbocycles. The lowest BCUT2D eigenvalue weighted by molar-refractivity contribution is -0.152. The fraction of sp³-hybridized carbons (Fsp3) is 0.364. The van der Waals surface area contributed by atoms with E-state index in [1.54, 1.807) is 23.1 Å². The van der Waals surface area contributed by atoms with Crippen LogP contribution in [0.25, 0.3) is 0 Å². The van der Waals surface area contributed by atoms with Gasteiger partial charge in [0.1, 0.15) is 12.1 Å². The van der Waals surface area contributed by atoms with Gasteiger partial charge in [-0.2, -0.15) is 0 Å². The summed E-state index contributed by atoms with van der Waals surface area (Å²) in [7, 11) is 1.37. The molecule has 166 valence electrons. The number of nitrogens with zero attached hydrogens (tertiary/aromatic N) is 2. The standard InChI is InChI=1S/C22H24Cl2N2O4S/c1-22(2,3)30-20(27)13-26(31-18-11-15(23)10-16(24)12-18)17-5-6-19-14(9-17)7-8-25(19)21(28)29-4/h5-6,9-12H,7-8,13H2,1-4H3. The SMILES string of the molecule is COC(=O)N1CCc2cc(N(CC(=O)OC(C)(C)C)Sc3cc(Cl)cc(Cl)c3)ccc21. The number of benzene rings is 2. The third kappa shape index (κ3) is 6.21. The minimum absolute atomic E-state index is 0.0194. The summed E-state index contributed by atoms with van der Waals surface area (Å²) in [5.74, 6) is -0.357. The van der Waals surface area contributed by atoms with E-state index in [1.165, 1.54) is 19.1 Å². The molecule has 0 N–H and O–H groups in total. The topological polar surface area (TPSA) is 59.1 Å². The second-order valence-electron chi connectivity index (χ2n) is 8.00. The Morgan fingerprint density at radius 3 is 2.42 bits per heavy atom. The summed E-state index contributed by atoms with van der Waals surface area (Å²) in [6, 6.07) is 10.9. The second kappa shape index (κ2) is 9.59. The second-order valence-corrected chi connectivity index (χ2v) is 9.97. The zero-order valence-electron chi connectivity index (χ0n) is 17.8. The highest BCUT2D eigenvalue weighted by atomic mass is 35.5. The molecule has 0 saturated carbocycles. The van der Waals surface area contributed by atoms with Crippen LogP contribution in [0.4, 0.5) is 16.2 Å². The molecule has 31 heavy (non-hydrogen) atoms. The molecule has 0 aliphatic carbocycles. The molecule has 1 heterocycles. The lowest BCUT2D eigenvalue weighted by Crippen LogP contribution is -2.31. The maximum atomic E-state index is 12.6. The highest BCUT2D eigenvalue weighted by molar-refractivity contribution is 8.00. The first-order valence-corrected chi connectivity index (χ1v) is 11.2. The van der Waals surface area contributed by atoms with Crippen LogP contribution < -0.4 is 9.21 Å². The van der Waals surface area contributed by atoms with Crippen molar-refractivity contribution in [3.8, 4) is 0 Å². The number of halogens is 2. The molecular weight excluding hydrogens is 459 g/mol. The minimum Gasteiger partial charge on any atom is -0.459 e. The van der Waals surface area contributed by atoms with E-state index in [-0.39, 0.29) is 18.6 Å². The number of hydrogen-bond acceptors (Lipinski definition) is 6. The highest BCUT2D eigenvalue weighted by Gasteiger charge is 2.27. The number of methoxy groups -OCH3 is 1. The molecule has 0 bridgehead atoms. The Bertz CT molecular complexity index is 974. The van der Waals surface area contributed by atoms with Gasteiger partial charge in [0.2, 0.25) is 0 Å². The molecule has 0 spiro atoms. The predicted octanol–water partition coefficient (Wildman–Crippen LogP) is 5.98. The van der Waals surface area contributed by atoms with Crippen LogP contribution in [0.1, 0.15) is 26.3 Å². The number of hydrogen-bond donors (Lipinski definition) is 0. The Morgan fingerprint density at radius 1 is 1.13 bits per heavy atom. The van der Waals surface area contributed by atoms with Crippen LogP contribution in [0.3, 0.4) is 0 Å². The number of esters is 1. The van der Waals surface area contributed by atoms with Crippen molar-refractivity contribution in [3.05, 3.63) is 52.0 Å². The zero-order valence-corrected chi connectivity index (χ0v) is 20.1. The van der Waals surface area contributed by atoms with Crippen molar-refractivity contribution in [2.45, 2.75) is 37.7 Å². The summed E-state index contributed by atoms with van der Waals surface area (Å²) >= 11 is 13.6. The lowest BCUT2D eigenvalue weighted by atomic mass is 10.1. The minimum atomic E-state index is -0.592. The largest absolute Gasteiger partial charge is 0.459 e. The fourth-order valence-electron chi connectivity index (χ4n) is 3.22. The van der Waals surface area contributed by atoms with E-state index >= 15 is 0 Å². The molecule has 1 aliphatic rings. The fourth-order valence-corrected chi connectivity index (χ4v) is 4.88. The Labute approximate surface area is 196 Å². The van der Waals surface area contributed by atoms with Crippen molar-refractivity contribution >= 4 is 58.6 Å². The quantitative estimate of drug-likeness (QED) is 0.385. The van der Waals surface area contributed by atoms with Crippen molar-refractivity contribution in [2.75, 3.05) is 29.4 Å². The van der Waals surface area contributed by atoms with Crippen LogP contribution in [-0.4, -0.2) is 37.9 Å². The van der Waals surface area contributed by atoms with Crippen LogP contribution in [0, 0.1) is 0 Å². The molecular formula is C22H24Cl2N2O4S. The predicted molar refractivity (Wildman–Crippen MR) is 125 cm³/mol. The average molecular weight is 483 g/mol. The van der Waals surface area contributed by atoms with E-state index in [4.69, 9.17) is 32.7 Å². The molecule has 0 fully saturated rings. The van der Waals surface area contributed by atoms with Gasteiger partial charge in [-0.3, -0.25) is 9.69 Å². The van der Waals surface area contributed by atoms with Crippen molar-refractivity contribution in [1.29, 1.82) is 0 Å². The highest BCUT2D eigenvalue weighted by Crippen LogP contribution is 2.37. The third-order valence-corrected chi connectivity index (χ3v) is 5.83. The first-order valence-electron chi connectivity index (χ1n) is 9.67. The number of carbonyl (C=O) groups excluding carboxylic acids is 2. The molecule has 0 unspecified atom stereocenters. The molecule has 1 amide bonds. The molecule has 0 atom stereocenters. The van der Waals surface area contributed by atoms with Gasteiger partial charge in [-0.05, 0) is 81.1 Å². The average Bonchev–Trinajstić information content (AvgIpc) is 3.07.